The van der Waals surface area contributed by atoms with Gasteiger partial charge in [0.25, 0.3) is 0 Å². The lowest BCUT2D eigenvalue weighted by atomic mass is 10.2. The van der Waals surface area contributed by atoms with Gasteiger partial charge in [0.2, 0.25) is 5.91 Å². The number of amides is 1. The van der Waals surface area contributed by atoms with Gasteiger partial charge >= 0.3 is 0 Å². The molecular weight excluding hydrogens is 336 g/mol. The minimum absolute atomic E-state index is 0.222. The largest absolute Gasteiger partial charge is 0.378 e. The summed E-state index contributed by atoms with van der Waals surface area (Å²) >= 11 is 1.65. The van der Waals surface area contributed by atoms with E-state index in [0.29, 0.717) is 32.7 Å². The Bertz CT molecular complexity index is 708. The molecule has 0 bridgehead atoms. The average molecular weight is 360 g/mol. The van der Waals surface area contributed by atoms with Gasteiger partial charge in [-0.25, -0.2) is 0 Å². The van der Waals surface area contributed by atoms with Crippen LogP contribution in [0.1, 0.15) is 24.2 Å². The molecule has 25 heavy (non-hydrogen) atoms. The van der Waals surface area contributed by atoms with Gasteiger partial charge in [0.15, 0.2) is 5.16 Å². The van der Waals surface area contributed by atoms with E-state index in [4.69, 9.17) is 4.74 Å². The summed E-state index contributed by atoms with van der Waals surface area (Å²) in [5.41, 5.74) is 2.30. The summed E-state index contributed by atoms with van der Waals surface area (Å²) in [5, 5.41) is 9.37. The van der Waals surface area contributed by atoms with Gasteiger partial charge in [0.1, 0.15) is 5.82 Å². The first-order valence-corrected chi connectivity index (χ1v) is 9.61. The Labute approximate surface area is 152 Å². The summed E-state index contributed by atoms with van der Waals surface area (Å²) in [6, 6.07) is 8.34. The molecule has 1 aliphatic rings. The summed E-state index contributed by atoms with van der Waals surface area (Å²) in [5.74, 6) is 1.94. The maximum Gasteiger partial charge on any atom is 0.222 e. The topological polar surface area (TPSA) is 60.2 Å². The Morgan fingerprint density at radius 3 is 2.60 bits per heavy atom. The highest BCUT2D eigenvalue weighted by molar-refractivity contribution is 7.99. The van der Waals surface area contributed by atoms with E-state index in [1.54, 1.807) is 11.8 Å². The van der Waals surface area contributed by atoms with Crippen molar-refractivity contribution in [2.24, 2.45) is 0 Å². The number of carbonyl (C=O) groups is 1. The van der Waals surface area contributed by atoms with Crippen LogP contribution in [0.5, 0.6) is 0 Å². The molecule has 7 heteroatoms. The molecule has 1 fully saturated rings. The molecule has 0 spiro atoms. The Morgan fingerprint density at radius 1 is 1.16 bits per heavy atom. The van der Waals surface area contributed by atoms with Crippen LogP contribution >= 0.6 is 11.8 Å². The van der Waals surface area contributed by atoms with E-state index in [9.17, 15) is 4.79 Å². The van der Waals surface area contributed by atoms with Gasteiger partial charge in [-0.3, -0.25) is 9.36 Å². The highest BCUT2D eigenvalue weighted by atomic mass is 32.2. The standard InChI is InChI=1S/C18H24N4O2S/c1-14-5-7-16(8-6-14)22-15(2)19-20-18(22)25-13-3-4-17(23)21-9-11-24-12-10-21/h5-8H,3-4,9-13H2,1-2H3. The molecule has 1 aromatic heterocycles. The molecule has 2 aromatic rings. The molecule has 0 unspecified atom stereocenters. The fraction of sp³-hybridized carbons (Fsp3) is 0.500. The number of morpholine rings is 1. The number of nitrogens with zero attached hydrogens (tertiary/aromatic N) is 4. The third-order valence-corrected chi connectivity index (χ3v) is 5.23. The lowest BCUT2D eigenvalue weighted by Crippen LogP contribution is -2.40. The van der Waals surface area contributed by atoms with Crippen molar-refractivity contribution in [2.45, 2.75) is 31.8 Å². The Balaban J connectivity index is 1.53. The van der Waals surface area contributed by atoms with E-state index in [-0.39, 0.29) is 5.91 Å². The minimum atomic E-state index is 0.222. The Kier molecular flexibility index (Phi) is 6.09. The van der Waals surface area contributed by atoms with Gasteiger partial charge < -0.3 is 9.64 Å². The molecule has 0 N–H and O–H groups in total. The normalized spacial score (nSPS) is 14.7. The fourth-order valence-electron chi connectivity index (χ4n) is 2.79. The zero-order valence-corrected chi connectivity index (χ0v) is 15.6. The molecule has 1 aliphatic heterocycles. The molecular formula is C18H24N4O2S. The van der Waals surface area contributed by atoms with Gasteiger partial charge in [0.05, 0.1) is 13.2 Å². The first-order valence-electron chi connectivity index (χ1n) is 8.62. The second-order valence-corrected chi connectivity index (χ2v) is 7.21. The van der Waals surface area contributed by atoms with Crippen LogP contribution in [0.4, 0.5) is 0 Å². The number of aromatic nitrogens is 3. The van der Waals surface area contributed by atoms with Crippen LogP contribution in [-0.4, -0.2) is 57.6 Å². The predicted octanol–water partition coefficient (Wildman–Crippen LogP) is 2.62. The van der Waals surface area contributed by atoms with Gasteiger partial charge in [-0.15, -0.1) is 10.2 Å². The molecule has 0 saturated carbocycles. The second-order valence-electron chi connectivity index (χ2n) is 6.15. The van der Waals surface area contributed by atoms with Crippen molar-refractivity contribution >= 4 is 17.7 Å². The zero-order valence-electron chi connectivity index (χ0n) is 14.8. The summed E-state index contributed by atoms with van der Waals surface area (Å²) in [4.78, 5) is 14.1. The van der Waals surface area contributed by atoms with Gasteiger partial charge in [-0.1, -0.05) is 29.5 Å². The third-order valence-electron chi connectivity index (χ3n) is 4.22. The first kappa shape index (κ1) is 17.9. The Hall–Kier alpha value is -1.86. The van der Waals surface area contributed by atoms with E-state index >= 15 is 0 Å². The number of ether oxygens (including phenoxy) is 1. The number of benzene rings is 1. The Morgan fingerprint density at radius 2 is 1.88 bits per heavy atom. The van der Waals surface area contributed by atoms with Gasteiger partial charge in [0, 0.05) is 31.0 Å². The summed E-state index contributed by atoms with van der Waals surface area (Å²) in [7, 11) is 0. The van der Waals surface area contributed by atoms with Crippen molar-refractivity contribution in [1.82, 2.24) is 19.7 Å². The van der Waals surface area contributed by atoms with Crippen molar-refractivity contribution in [2.75, 3.05) is 32.1 Å². The minimum Gasteiger partial charge on any atom is -0.378 e. The van der Waals surface area contributed by atoms with Crippen LogP contribution in [-0.2, 0) is 9.53 Å². The predicted molar refractivity (Wildman–Crippen MR) is 98.2 cm³/mol. The van der Waals surface area contributed by atoms with Crippen LogP contribution in [0.3, 0.4) is 0 Å². The van der Waals surface area contributed by atoms with Crippen molar-refractivity contribution in [1.29, 1.82) is 0 Å². The number of rotatable bonds is 6. The molecule has 0 radical (unpaired) electrons. The van der Waals surface area contributed by atoms with Crippen molar-refractivity contribution in [3.8, 4) is 5.69 Å². The van der Waals surface area contributed by atoms with E-state index < -0.39 is 0 Å². The molecule has 1 aromatic carbocycles. The number of hydrogen-bond acceptors (Lipinski definition) is 5. The molecule has 6 nitrogen and oxygen atoms in total. The molecule has 2 heterocycles. The number of hydrogen-bond donors (Lipinski definition) is 0. The SMILES string of the molecule is Cc1ccc(-n2c(C)nnc2SCCCC(=O)N2CCOCC2)cc1. The highest BCUT2D eigenvalue weighted by Gasteiger charge is 2.16. The van der Waals surface area contributed by atoms with Crippen molar-refractivity contribution in [3.05, 3.63) is 35.7 Å². The summed E-state index contributed by atoms with van der Waals surface area (Å²) < 4.78 is 7.35. The average Bonchev–Trinajstić information content (AvgIpc) is 3.00. The molecule has 1 saturated heterocycles. The van der Waals surface area contributed by atoms with E-state index in [2.05, 4.69) is 46.0 Å². The molecule has 1 amide bonds. The van der Waals surface area contributed by atoms with Crippen molar-refractivity contribution in [3.63, 3.8) is 0 Å². The van der Waals surface area contributed by atoms with E-state index in [1.807, 2.05) is 11.8 Å². The maximum atomic E-state index is 12.2. The van der Waals surface area contributed by atoms with Gasteiger partial charge in [-0.2, -0.15) is 0 Å². The smallest absolute Gasteiger partial charge is 0.222 e. The number of carbonyl (C=O) groups excluding carboxylic acids is 1. The molecule has 0 aliphatic carbocycles. The zero-order chi connectivity index (χ0) is 17.6. The summed E-state index contributed by atoms with van der Waals surface area (Å²) in [6.07, 6.45) is 1.41. The number of aryl methyl sites for hydroxylation is 2. The van der Waals surface area contributed by atoms with Crippen LogP contribution < -0.4 is 0 Å². The van der Waals surface area contributed by atoms with Crippen molar-refractivity contribution < 1.29 is 9.53 Å². The molecule has 3 rings (SSSR count). The lowest BCUT2D eigenvalue weighted by molar-refractivity contribution is -0.135. The molecule has 134 valence electrons. The highest BCUT2D eigenvalue weighted by Crippen LogP contribution is 2.23. The molecule has 0 atom stereocenters. The third kappa shape index (κ3) is 4.61. The summed E-state index contributed by atoms with van der Waals surface area (Å²) in [6.45, 7) is 6.77. The quantitative estimate of drug-likeness (QED) is 0.585. The van der Waals surface area contributed by atoms with Crippen LogP contribution in [0.25, 0.3) is 5.69 Å². The fourth-order valence-corrected chi connectivity index (χ4v) is 3.72. The van der Waals surface area contributed by atoms with Crippen LogP contribution in [0.15, 0.2) is 29.4 Å². The lowest BCUT2D eigenvalue weighted by Gasteiger charge is -2.26. The number of thioether (sulfide) groups is 1. The first-order chi connectivity index (χ1) is 12.1. The maximum absolute atomic E-state index is 12.2. The second kappa shape index (κ2) is 8.49. The van der Waals surface area contributed by atoms with Gasteiger partial charge in [-0.05, 0) is 32.4 Å². The monoisotopic (exact) mass is 360 g/mol. The van der Waals surface area contributed by atoms with E-state index in [1.165, 1.54) is 5.56 Å². The van der Waals surface area contributed by atoms with E-state index in [0.717, 1.165) is 28.8 Å². The van der Waals surface area contributed by atoms with Crippen LogP contribution in [0, 0.1) is 13.8 Å². The van der Waals surface area contributed by atoms with Crippen LogP contribution in [0.2, 0.25) is 0 Å².